The number of aromatic nitrogens is 2. The number of nitrogens with zero attached hydrogens (tertiary/aromatic N) is 3. The highest BCUT2D eigenvalue weighted by atomic mass is 32.2. The van der Waals surface area contributed by atoms with E-state index in [-0.39, 0.29) is 5.69 Å². The zero-order valence-corrected chi connectivity index (χ0v) is 9.37. The number of nitro groups is 1. The summed E-state index contributed by atoms with van der Waals surface area (Å²) < 4.78 is 0. The lowest BCUT2D eigenvalue weighted by molar-refractivity contribution is -0.388. The average Bonchev–Trinajstić information content (AvgIpc) is 2.18. The van der Waals surface area contributed by atoms with Crippen LogP contribution in [-0.4, -0.2) is 27.2 Å². The fourth-order valence-corrected chi connectivity index (χ4v) is 1.67. The van der Waals surface area contributed by atoms with E-state index in [0.29, 0.717) is 17.5 Å². The van der Waals surface area contributed by atoms with Crippen LogP contribution in [0, 0.1) is 10.1 Å². The van der Waals surface area contributed by atoms with Gasteiger partial charge in [-0.05, 0) is 12.7 Å². The summed E-state index contributed by atoms with van der Waals surface area (Å²) in [4.78, 5) is 18.1. The summed E-state index contributed by atoms with van der Waals surface area (Å²) in [6, 6.07) is 0. The van der Waals surface area contributed by atoms with Gasteiger partial charge in [-0.15, -0.1) is 0 Å². The molecule has 1 heterocycles. The Morgan fingerprint density at radius 1 is 1.60 bits per heavy atom. The quantitative estimate of drug-likeness (QED) is 0.359. The van der Waals surface area contributed by atoms with Crippen LogP contribution in [0.5, 0.6) is 0 Å². The van der Waals surface area contributed by atoms with Crippen LogP contribution in [0.3, 0.4) is 0 Å². The maximum atomic E-state index is 10.7. The zero-order valence-electron chi connectivity index (χ0n) is 8.56. The van der Waals surface area contributed by atoms with Crippen LogP contribution >= 0.6 is 11.8 Å². The van der Waals surface area contributed by atoms with Crippen molar-refractivity contribution in [1.29, 1.82) is 0 Å². The molecule has 0 unspecified atom stereocenters. The number of hydrogen-bond acceptors (Lipinski definition) is 6. The van der Waals surface area contributed by atoms with E-state index in [1.54, 1.807) is 0 Å². The minimum atomic E-state index is -0.465. The molecule has 6 nitrogen and oxygen atoms in total. The molecule has 0 saturated heterocycles. The van der Waals surface area contributed by atoms with Crippen molar-refractivity contribution in [3.63, 3.8) is 0 Å². The van der Waals surface area contributed by atoms with Gasteiger partial charge in [-0.1, -0.05) is 18.7 Å². The molecule has 0 aromatic carbocycles. The molecule has 0 radical (unpaired) electrons. The van der Waals surface area contributed by atoms with Crippen molar-refractivity contribution < 1.29 is 4.92 Å². The van der Waals surface area contributed by atoms with Gasteiger partial charge >= 0.3 is 5.69 Å². The van der Waals surface area contributed by atoms with Gasteiger partial charge < -0.3 is 5.32 Å². The average molecular weight is 228 g/mol. The van der Waals surface area contributed by atoms with E-state index in [2.05, 4.69) is 15.3 Å². The van der Waals surface area contributed by atoms with Gasteiger partial charge in [-0.2, -0.15) is 4.98 Å². The summed E-state index contributed by atoms with van der Waals surface area (Å²) in [5, 5.41) is 14.0. The Hall–Kier alpha value is -1.37. The SMILES string of the molecule is CCNc1ncc([N+](=O)[O-])c(SCC)n1. The first-order valence-electron chi connectivity index (χ1n) is 4.57. The Kier molecular flexibility index (Phi) is 4.29. The monoisotopic (exact) mass is 228 g/mol. The van der Waals surface area contributed by atoms with E-state index in [4.69, 9.17) is 0 Å². The van der Waals surface area contributed by atoms with Crippen molar-refractivity contribution in [2.45, 2.75) is 18.9 Å². The first kappa shape index (κ1) is 11.7. The highest BCUT2D eigenvalue weighted by Gasteiger charge is 2.16. The molecule has 0 aliphatic heterocycles. The molecular formula is C8H12N4O2S. The van der Waals surface area contributed by atoms with Crippen LogP contribution in [0.1, 0.15) is 13.8 Å². The number of anilines is 1. The van der Waals surface area contributed by atoms with E-state index in [1.165, 1.54) is 18.0 Å². The van der Waals surface area contributed by atoms with E-state index in [1.807, 2.05) is 13.8 Å². The molecule has 0 aliphatic rings. The van der Waals surface area contributed by atoms with Gasteiger partial charge in [0, 0.05) is 6.54 Å². The Morgan fingerprint density at radius 3 is 2.87 bits per heavy atom. The summed E-state index contributed by atoms with van der Waals surface area (Å²) >= 11 is 1.34. The zero-order chi connectivity index (χ0) is 11.3. The molecule has 0 amide bonds. The van der Waals surface area contributed by atoms with Crippen molar-refractivity contribution in [3.8, 4) is 0 Å². The lowest BCUT2D eigenvalue weighted by atomic mass is 10.5. The number of hydrogen-bond donors (Lipinski definition) is 1. The molecule has 82 valence electrons. The highest BCUT2D eigenvalue weighted by molar-refractivity contribution is 7.99. The maximum Gasteiger partial charge on any atom is 0.319 e. The molecule has 15 heavy (non-hydrogen) atoms. The van der Waals surface area contributed by atoms with Gasteiger partial charge in [-0.3, -0.25) is 10.1 Å². The lowest BCUT2D eigenvalue weighted by Gasteiger charge is -2.03. The Bertz CT molecular complexity index is 358. The molecule has 0 spiro atoms. The normalized spacial score (nSPS) is 10.0. The molecular weight excluding hydrogens is 216 g/mol. The summed E-state index contributed by atoms with van der Waals surface area (Å²) in [5.41, 5.74) is -0.0384. The van der Waals surface area contributed by atoms with Crippen molar-refractivity contribution in [3.05, 3.63) is 16.3 Å². The van der Waals surface area contributed by atoms with Crippen LogP contribution in [0.4, 0.5) is 11.6 Å². The van der Waals surface area contributed by atoms with E-state index >= 15 is 0 Å². The second-order valence-corrected chi connectivity index (χ2v) is 3.86. The maximum absolute atomic E-state index is 10.7. The van der Waals surface area contributed by atoms with Crippen LogP contribution in [0.2, 0.25) is 0 Å². The van der Waals surface area contributed by atoms with E-state index in [0.717, 1.165) is 5.75 Å². The third-order valence-corrected chi connectivity index (χ3v) is 2.41. The minimum Gasteiger partial charge on any atom is -0.354 e. The fourth-order valence-electron chi connectivity index (χ4n) is 0.971. The molecule has 0 aliphatic carbocycles. The minimum absolute atomic E-state index is 0.0384. The lowest BCUT2D eigenvalue weighted by Crippen LogP contribution is -2.04. The highest BCUT2D eigenvalue weighted by Crippen LogP contribution is 2.26. The summed E-state index contributed by atoms with van der Waals surface area (Å²) in [7, 11) is 0. The molecule has 0 bridgehead atoms. The smallest absolute Gasteiger partial charge is 0.319 e. The predicted molar refractivity (Wildman–Crippen MR) is 59.2 cm³/mol. The van der Waals surface area contributed by atoms with Gasteiger partial charge in [0.15, 0.2) is 5.03 Å². The van der Waals surface area contributed by atoms with Gasteiger partial charge in [0.05, 0.1) is 4.92 Å². The molecule has 0 fully saturated rings. The molecule has 1 aromatic rings. The van der Waals surface area contributed by atoms with Gasteiger partial charge in [0.1, 0.15) is 6.20 Å². The van der Waals surface area contributed by atoms with Gasteiger partial charge in [0.25, 0.3) is 0 Å². The summed E-state index contributed by atoms with van der Waals surface area (Å²) in [6.07, 6.45) is 1.24. The van der Waals surface area contributed by atoms with E-state index < -0.39 is 4.92 Å². The second-order valence-electron chi connectivity index (χ2n) is 2.60. The summed E-state index contributed by atoms with van der Waals surface area (Å²) in [6.45, 7) is 4.52. The first-order valence-corrected chi connectivity index (χ1v) is 5.55. The Labute approximate surface area is 91.7 Å². The Balaban J connectivity index is 3.03. The van der Waals surface area contributed by atoms with Crippen LogP contribution in [0.15, 0.2) is 11.2 Å². The molecule has 7 heteroatoms. The molecule has 0 saturated carbocycles. The standard InChI is InChI=1S/C8H12N4O2S/c1-3-9-8-10-5-6(12(13)14)7(11-8)15-4-2/h5H,3-4H2,1-2H3,(H,9,10,11). The first-order chi connectivity index (χ1) is 7.19. The third kappa shape index (κ3) is 3.05. The van der Waals surface area contributed by atoms with Crippen molar-refractivity contribution in [2.75, 3.05) is 17.6 Å². The van der Waals surface area contributed by atoms with Gasteiger partial charge in [-0.25, -0.2) is 4.98 Å². The topological polar surface area (TPSA) is 81.0 Å². The molecule has 1 N–H and O–H groups in total. The van der Waals surface area contributed by atoms with Crippen molar-refractivity contribution in [2.24, 2.45) is 0 Å². The Morgan fingerprint density at radius 2 is 2.33 bits per heavy atom. The van der Waals surface area contributed by atoms with E-state index in [9.17, 15) is 10.1 Å². The number of rotatable bonds is 5. The predicted octanol–water partition coefficient (Wildman–Crippen LogP) is 1.93. The van der Waals surface area contributed by atoms with Crippen LogP contribution < -0.4 is 5.32 Å². The fraction of sp³-hybridized carbons (Fsp3) is 0.500. The third-order valence-electron chi connectivity index (χ3n) is 1.55. The molecule has 0 atom stereocenters. The van der Waals surface area contributed by atoms with Crippen LogP contribution in [0.25, 0.3) is 0 Å². The van der Waals surface area contributed by atoms with Gasteiger partial charge in [0.2, 0.25) is 5.95 Å². The molecule has 1 aromatic heterocycles. The van der Waals surface area contributed by atoms with Crippen molar-refractivity contribution in [1.82, 2.24) is 9.97 Å². The second kappa shape index (κ2) is 5.50. The largest absolute Gasteiger partial charge is 0.354 e. The number of nitrogens with one attached hydrogen (secondary N) is 1. The number of thioether (sulfide) groups is 1. The van der Waals surface area contributed by atoms with Crippen LogP contribution in [-0.2, 0) is 0 Å². The van der Waals surface area contributed by atoms with Crippen molar-refractivity contribution >= 4 is 23.4 Å². The summed E-state index contributed by atoms with van der Waals surface area (Å²) in [5.74, 6) is 1.17. The molecule has 1 rings (SSSR count).